The minimum Gasteiger partial charge on any atom is -0.481 e. The summed E-state index contributed by atoms with van der Waals surface area (Å²) in [6, 6.07) is 5.01. The standard InChI is InChI=1S/C10H11F2NO3/c11-10(12)16-8-4-2-1-3-6(8)7(13)5-9(14)15/h1-4,7,10H,5,13H2,(H,14,15). The molecule has 1 unspecified atom stereocenters. The van der Waals surface area contributed by atoms with Gasteiger partial charge in [-0.1, -0.05) is 18.2 Å². The van der Waals surface area contributed by atoms with Crippen LogP contribution in [0, 0.1) is 0 Å². The molecule has 0 fully saturated rings. The Kier molecular flexibility index (Phi) is 4.19. The molecule has 0 heterocycles. The summed E-state index contributed by atoms with van der Waals surface area (Å²) in [7, 11) is 0. The Hall–Kier alpha value is -1.69. The van der Waals surface area contributed by atoms with E-state index < -0.39 is 18.6 Å². The monoisotopic (exact) mass is 231 g/mol. The lowest BCUT2D eigenvalue weighted by molar-refractivity contribution is -0.137. The normalized spacial score (nSPS) is 12.5. The fourth-order valence-corrected chi connectivity index (χ4v) is 1.29. The summed E-state index contributed by atoms with van der Waals surface area (Å²) >= 11 is 0. The molecule has 3 N–H and O–H groups in total. The Balaban J connectivity index is 2.89. The molecule has 0 saturated heterocycles. The smallest absolute Gasteiger partial charge is 0.387 e. The van der Waals surface area contributed by atoms with Crippen molar-refractivity contribution in [2.75, 3.05) is 0 Å². The average Bonchev–Trinajstić information content (AvgIpc) is 2.16. The first-order valence-corrected chi connectivity index (χ1v) is 4.52. The molecule has 4 nitrogen and oxygen atoms in total. The van der Waals surface area contributed by atoms with Gasteiger partial charge in [0, 0.05) is 11.6 Å². The van der Waals surface area contributed by atoms with E-state index in [2.05, 4.69) is 4.74 Å². The highest BCUT2D eigenvalue weighted by Gasteiger charge is 2.16. The molecule has 1 aromatic rings. The number of alkyl halides is 2. The number of aliphatic carboxylic acids is 1. The lowest BCUT2D eigenvalue weighted by atomic mass is 10.0. The van der Waals surface area contributed by atoms with E-state index in [9.17, 15) is 13.6 Å². The second-order valence-electron chi connectivity index (χ2n) is 3.12. The molecule has 1 aromatic carbocycles. The van der Waals surface area contributed by atoms with Crippen LogP contribution in [0.25, 0.3) is 0 Å². The lowest BCUT2D eigenvalue weighted by Gasteiger charge is -2.14. The first-order valence-electron chi connectivity index (χ1n) is 4.52. The fraction of sp³-hybridized carbons (Fsp3) is 0.300. The van der Waals surface area contributed by atoms with Crippen LogP contribution in [0.1, 0.15) is 18.0 Å². The number of benzene rings is 1. The summed E-state index contributed by atoms with van der Waals surface area (Å²) in [5, 5.41) is 8.55. The maximum absolute atomic E-state index is 12.0. The number of rotatable bonds is 5. The van der Waals surface area contributed by atoms with Crippen LogP contribution in [0.5, 0.6) is 5.75 Å². The van der Waals surface area contributed by atoms with Gasteiger partial charge in [-0.2, -0.15) is 8.78 Å². The molecule has 88 valence electrons. The highest BCUT2D eigenvalue weighted by atomic mass is 19.3. The first-order chi connectivity index (χ1) is 7.50. The Morgan fingerprint density at radius 2 is 2.06 bits per heavy atom. The van der Waals surface area contributed by atoms with Crippen molar-refractivity contribution in [3.05, 3.63) is 29.8 Å². The Morgan fingerprint density at radius 1 is 1.44 bits per heavy atom. The SMILES string of the molecule is NC(CC(=O)O)c1ccccc1OC(F)F. The third-order valence-electron chi connectivity index (χ3n) is 1.93. The predicted molar refractivity (Wildman–Crippen MR) is 52.3 cm³/mol. The molecule has 0 bridgehead atoms. The van der Waals surface area contributed by atoms with Gasteiger partial charge in [-0.25, -0.2) is 0 Å². The zero-order valence-corrected chi connectivity index (χ0v) is 8.27. The van der Waals surface area contributed by atoms with Crippen molar-refractivity contribution in [3.63, 3.8) is 0 Å². The predicted octanol–water partition coefficient (Wildman–Crippen LogP) is 1.76. The summed E-state index contributed by atoms with van der Waals surface area (Å²) in [6.45, 7) is -2.96. The van der Waals surface area contributed by atoms with Crippen LogP contribution < -0.4 is 10.5 Å². The van der Waals surface area contributed by atoms with E-state index in [1.807, 2.05) is 0 Å². The van der Waals surface area contributed by atoms with Gasteiger partial charge in [0.25, 0.3) is 0 Å². The van der Waals surface area contributed by atoms with Crippen molar-refractivity contribution in [2.24, 2.45) is 5.73 Å². The molecule has 0 aliphatic heterocycles. The molecule has 0 spiro atoms. The number of hydrogen-bond acceptors (Lipinski definition) is 3. The molecule has 0 saturated carbocycles. The lowest BCUT2D eigenvalue weighted by Crippen LogP contribution is -2.17. The summed E-state index contributed by atoms with van der Waals surface area (Å²) in [6.07, 6.45) is -0.344. The molecule has 0 aliphatic rings. The Bertz CT molecular complexity index is 371. The maximum atomic E-state index is 12.0. The van der Waals surface area contributed by atoms with Crippen molar-refractivity contribution in [3.8, 4) is 5.75 Å². The van der Waals surface area contributed by atoms with Crippen molar-refractivity contribution < 1.29 is 23.4 Å². The van der Waals surface area contributed by atoms with Crippen LogP contribution in [0.2, 0.25) is 0 Å². The van der Waals surface area contributed by atoms with Gasteiger partial charge in [0.05, 0.1) is 6.42 Å². The van der Waals surface area contributed by atoms with Gasteiger partial charge in [-0.3, -0.25) is 4.79 Å². The largest absolute Gasteiger partial charge is 0.481 e. The minimum absolute atomic E-state index is 0.0914. The molecule has 0 aliphatic carbocycles. The van der Waals surface area contributed by atoms with Crippen molar-refractivity contribution in [2.45, 2.75) is 19.1 Å². The number of carboxylic acid groups (broad SMARTS) is 1. The Labute approximate surface area is 90.6 Å². The molecule has 0 aromatic heterocycles. The second-order valence-corrected chi connectivity index (χ2v) is 3.12. The zero-order valence-electron chi connectivity index (χ0n) is 8.27. The van der Waals surface area contributed by atoms with Crippen LogP contribution in [-0.2, 0) is 4.79 Å². The minimum atomic E-state index is -2.96. The molecule has 6 heteroatoms. The number of nitrogens with two attached hydrogens (primary N) is 1. The van der Waals surface area contributed by atoms with E-state index in [0.717, 1.165) is 0 Å². The third-order valence-corrected chi connectivity index (χ3v) is 1.93. The molecule has 1 rings (SSSR count). The summed E-state index contributed by atoms with van der Waals surface area (Å²) in [5.74, 6) is -1.19. The second kappa shape index (κ2) is 5.41. The topological polar surface area (TPSA) is 72.6 Å². The van der Waals surface area contributed by atoms with Crippen LogP contribution in [-0.4, -0.2) is 17.7 Å². The van der Waals surface area contributed by atoms with Gasteiger partial charge in [0.2, 0.25) is 0 Å². The highest BCUT2D eigenvalue weighted by molar-refractivity contribution is 5.68. The number of carboxylic acids is 1. The van der Waals surface area contributed by atoms with E-state index in [0.29, 0.717) is 0 Å². The number of hydrogen-bond donors (Lipinski definition) is 2. The van der Waals surface area contributed by atoms with Crippen molar-refractivity contribution >= 4 is 5.97 Å². The van der Waals surface area contributed by atoms with Crippen LogP contribution >= 0.6 is 0 Å². The summed E-state index contributed by atoms with van der Waals surface area (Å²) in [5.41, 5.74) is 5.82. The zero-order chi connectivity index (χ0) is 12.1. The fourth-order valence-electron chi connectivity index (χ4n) is 1.29. The third kappa shape index (κ3) is 3.47. The maximum Gasteiger partial charge on any atom is 0.387 e. The summed E-state index contributed by atoms with van der Waals surface area (Å²) < 4.78 is 28.3. The van der Waals surface area contributed by atoms with Gasteiger partial charge in [-0.05, 0) is 6.07 Å². The van der Waals surface area contributed by atoms with E-state index in [1.165, 1.54) is 18.2 Å². The molecular weight excluding hydrogens is 220 g/mol. The molecule has 0 amide bonds. The van der Waals surface area contributed by atoms with Gasteiger partial charge in [-0.15, -0.1) is 0 Å². The van der Waals surface area contributed by atoms with Gasteiger partial charge >= 0.3 is 12.6 Å². The number of halogens is 2. The van der Waals surface area contributed by atoms with E-state index in [4.69, 9.17) is 10.8 Å². The van der Waals surface area contributed by atoms with Crippen molar-refractivity contribution in [1.82, 2.24) is 0 Å². The number of para-hydroxylation sites is 1. The molecule has 0 radical (unpaired) electrons. The average molecular weight is 231 g/mol. The number of ether oxygens (including phenoxy) is 1. The van der Waals surface area contributed by atoms with Crippen LogP contribution in [0.3, 0.4) is 0 Å². The first kappa shape index (κ1) is 12.4. The van der Waals surface area contributed by atoms with Crippen LogP contribution in [0.15, 0.2) is 24.3 Å². The van der Waals surface area contributed by atoms with E-state index in [-0.39, 0.29) is 17.7 Å². The van der Waals surface area contributed by atoms with Gasteiger partial charge in [0.1, 0.15) is 5.75 Å². The van der Waals surface area contributed by atoms with Crippen LogP contribution in [0.4, 0.5) is 8.78 Å². The number of carbonyl (C=O) groups is 1. The van der Waals surface area contributed by atoms with Crippen molar-refractivity contribution in [1.29, 1.82) is 0 Å². The van der Waals surface area contributed by atoms with E-state index >= 15 is 0 Å². The molecule has 16 heavy (non-hydrogen) atoms. The highest BCUT2D eigenvalue weighted by Crippen LogP contribution is 2.26. The summed E-state index contributed by atoms with van der Waals surface area (Å²) in [4.78, 5) is 10.4. The molecule has 1 atom stereocenters. The molecular formula is C10H11F2NO3. The van der Waals surface area contributed by atoms with Gasteiger partial charge < -0.3 is 15.6 Å². The van der Waals surface area contributed by atoms with E-state index in [1.54, 1.807) is 6.07 Å². The quantitative estimate of drug-likeness (QED) is 0.809. The Morgan fingerprint density at radius 3 is 2.62 bits per heavy atom. The van der Waals surface area contributed by atoms with Gasteiger partial charge in [0.15, 0.2) is 0 Å².